The van der Waals surface area contributed by atoms with E-state index in [1.54, 1.807) is 24.3 Å². The zero-order valence-corrected chi connectivity index (χ0v) is 11.5. The predicted octanol–water partition coefficient (Wildman–Crippen LogP) is -0.323. The summed E-state index contributed by atoms with van der Waals surface area (Å²) in [6.07, 6.45) is 0.821. The van der Waals surface area contributed by atoms with Crippen molar-refractivity contribution in [2.24, 2.45) is 0 Å². The first-order chi connectivity index (χ1) is 10.2. The van der Waals surface area contributed by atoms with Crippen molar-refractivity contribution in [2.75, 3.05) is 7.05 Å². The second kappa shape index (κ2) is 7.13. The molecule has 0 aliphatic carbocycles. The number of nitrogens with one attached hydrogen (secondary N) is 3. The van der Waals surface area contributed by atoms with Crippen LogP contribution in [0.4, 0.5) is 0 Å². The Hall–Kier alpha value is -2.77. The van der Waals surface area contributed by atoms with Gasteiger partial charge in [-0.25, -0.2) is 0 Å². The summed E-state index contributed by atoms with van der Waals surface area (Å²) in [6.45, 7) is 0. The fraction of sp³-hybridized carbons (Fsp3) is 0.308. The Morgan fingerprint density at radius 1 is 1.29 bits per heavy atom. The number of hydrogen-bond donors (Lipinski definition) is 3. The molecule has 1 atom stereocenters. The standard InChI is InChI=1S/C13H16N6O2/c1-14-13(21)10(7-8-11-16-18-19-17-11)15-12(20)9-5-3-2-4-6-9/h2-6,10H,7-8H2,1H3,(H,14,21)(H,15,20)(H,16,17,18,19)/t10-/m0/s1. The van der Waals surface area contributed by atoms with Crippen LogP contribution in [0.2, 0.25) is 0 Å². The zero-order valence-electron chi connectivity index (χ0n) is 11.5. The van der Waals surface area contributed by atoms with E-state index in [-0.39, 0.29) is 11.8 Å². The van der Waals surface area contributed by atoms with E-state index in [2.05, 4.69) is 31.3 Å². The predicted molar refractivity (Wildman–Crippen MR) is 74.3 cm³/mol. The first-order valence-corrected chi connectivity index (χ1v) is 6.50. The molecule has 2 aromatic rings. The maximum absolute atomic E-state index is 12.1. The molecule has 1 aromatic carbocycles. The van der Waals surface area contributed by atoms with Gasteiger partial charge in [-0.15, -0.1) is 10.2 Å². The molecule has 0 aliphatic rings. The Bertz CT molecular complexity index is 584. The zero-order chi connectivity index (χ0) is 15.1. The number of carbonyl (C=O) groups is 2. The highest BCUT2D eigenvalue weighted by molar-refractivity contribution is 5.97. The molecule has 21 heavy (non-hydrogen) atoms. The maximum atomic E-state index is 12.1. The third-order valence-corrected chi connectivity index (χ3v) is 2.95. The van der Waals surface area contributed by atoms with E-state index in [1.807, 2.05) is 6.07 Å². The van der Waals surface area contributed by atoms with Crippen molar-refractivity contribution < 1.29 is 9.59 Å². The Morgan fingerprint density at radius 3 is 2.67 bits per heavy atom. The van der Waals surface area contributed by atoms with Crippen molar-refractivity contribution in [1.29, 1.82) is 0 Å². The van der Waals surface area contributed by atoms with E-state index in [9.17, 15) is 9.59 Å². The van der Waals surface area contributed by atoms with Crippen LogP contribution in [-0.4, -0.2) is 45.5 Å². The molecule has 2 amide bonds. The van der Waals surface area contributed by atoms with E-state index < -0.39 is 6.04 Å². The van der Waals surface area contributed by atoms with Crippen LogP contribution in [0.5, 0.6) is 0 Å². The van der Waals surface area contributed by atoms with Crippen molar-refractivity contribution in [1.82, 2.24) is 31.3 Å². The smallest absolute Gasteiger partial charge is 0.251 e. The lowest BCUT2D eigenvalue weighted by atomic mass is 10.1. The van der Waals surface area contributed by atoms with E-state index in [4.69, 9.17) is 0 Å². The van der Waals surface area contributed by atoms with Gasteiger partial charge in [-0.3, -0.25) is 9.59 Å². The molecular formula is C13H16N6O2. The first kappa shape index (κ1) is 14.6. The number of likely N-dealkylation sites (N-methyl/N-ethyl adjacent to an activating group) is 1. The van der Waals surface area contributed by atoms with Crippen molar-refractivity contribution in [2.45, 2.75) is 18.9 Å². The number of rotatable bonds is 6. The fourth-order valence-corrected chi connectivity index (χ4v) is 1.84. The van der Waals surface area contributed by atoms with Crippen molar-refractivity contribution >= 4 is 11.8 Å². The second-order valence-corrected chi connectivity index (χ2v) is 4.37. The number of amides is 2. The van der Waals surface area contributed by atoms with Gasteiger partial charge >= 0.3 is 0 Å². The summed E-state index contributed by atoms with van der Waals surface area (Å²) in [5.41, 5.74) is 0.506. The van der Waals surface area contributed by atoms with Crippen LogP contribution in [0.25, 0.3) is 0 Å². The summed E-state index contributed by atoms with van der Waals surface area (Å²) < 4.78 is 0. The van der Waals surface area contributed by atoms with Crippen LogP contribution < -0.4 is 10.6 Å². The number of tetrazole rings is 1. The maximum Gasteiger partial charge on any atom is 0.251 e. The summed E-state index contributed by atoms with van der Waals surface area (Å²) in [5.74, 6) is -0.0575. The van der Waals surface area contributed by atoms with Gasteiger partial charge in [0.2, 0.25) is 5.91 Å². The molecular weight excluding hydrogens is 272 g/mol. The molecule has 8 heteroatoms. The summed E-state index contributed by atoms with van der Waals surface area (Å²) in [6, 6.07) is 8.08. The topological polar surface area (TPSA) is 113 Å². The number of aromatic nitrogens is 4. The largest absolute Gasteiger partial charge is 0.357 e. The van der Waals surface area contributed by atoms with E-state index >= 15 is 0 Å². The lowest BCUT2D eigenvalue weighted by molar-refractivity contribution is -0.122. The molecule has 0 aliphatic heterocycles. The number of carbonyl (C=O) groups excluding carboxylic acids is 2. The van der Waals surface area contributed by atoms with Crippen LogP contribution >= 0.6 is 0 Å². The first-order valence-electron chi connectivity index (χ1n) is 6.50. The number of aromatic amines is 1. The van der Waals surface area contributed by atoms with E-state index in [1.165, 1.54) is 7.05 Å². The van der Waals surface area contributed by atoms with Gasteiger partial charge in [0.05, 0.1) is 0 Å². The highest BCUT2D eigenvalue weighted by atomic mass is 16.2. The summed E-state index contributed by atoms with van der Waals surface area (Å²) in [7, 11) is 1.53. The average molecular weight is 288 g/mol. The third-order valence-electron chi connectivity index (χ3n) is 2.95. The van der Waals surface area contributed by atoms with Gasteiger partial charge in [0.15, 0.2) is 5.82 Å². The van der Waals surface area contributed by atoms with Crippen molar-refractivity contribution in [3.05, 3.63) is 41.7 Å². The monoisotopic (exact) mass is 288 g/mol. The molecule has 3 N–H and O–H groups in total. The molecule has 110 valence electrons. The van der Waals surface area contributed by atoms with Crippen LogP contribution in [-0.2, 0) is 11.2 Å². The summed E-state index contributed by atoms with van der Waals surface area (Å²) in [5, 5.41) is 18.7. The average Bonchev–Trinajstić information content (AvgIpc) is 3.04. The number of benzene rings is 1. The fourth-order valence-electron chi connectivity index (χ4n) is 1.84. The molecule has 1 heterocycles. The van der Waals surface area contributed by atoms with Gasteiger partial charge in [-0.2, -0.15) is 5.21 Å². The molecule has 0 spiro atoms. The Labute approximate surface area is 121 Å². The number of hydrogen-bond acceptors (Lipinski definition) is 5. The molecule has 0 saturated carbocycles. The van der Waals surface area contributed by atoms with Crippen LogP contribution in [0.15, 0.2) is 30.3 Å². The van der Waals surface area contributed by atoms with Crippen LogP contribution in [0.1, 0.15) is 22.6 Å². The Kier molecular flexibility index (Phi) is 4.97. The lowest BCUT2D eigenvalue weighted by Gasteiger charge is -2.16. The highest BCUT2D eigenvalue weighted by Gasteiger charge is 2.20. The van der Waals surface area contributed by atoms with Gasteiger partial charge in [-0.1, -0.05) is 23.4 Å². The van der Waals surface area contributed by atoms with Crippen LogP contribution in [0, 0.1) is 0 Å². The van der Waals surface area contributed by atoms with Gasteiger partial charge in [-0.05, 0) is 18.6 Å². The molecule has 0 radical (unpaired) electrons. The number of aryl methyl sites for hydroxylation is 1. The lowest BCUT2D eigenvalue weighted by Crippen LogP contribution is -2.46. The van der Waals surface area contributed by atoms with Gasteiger partial charge in [0, 0.05) is 19.0 Å². The SMILES string of the molecule is CNC(=O)[C@H](CCc1nn[nH]n1)NC(=O)c1ccccc1. The van der Waals surface area contributed by atoms with Gasteiger partial charge in [0.25, 0.3) is 5.91 Å². The van der Waals surface area contributed by atoms with Gasteiger partial charge < -0.3 is 10.6 Å². The van der Waals surface area contributed by atoms with Crippen LogP contribution in [0.3, 0.4) is 0 Å². The minimum absolute atomic E-state index is 0.261. The molecule has 1 aromatic heterocycles. The second-order valence-electron chi connectivity index (χ2n) is 4.37. The molecule has 2 rings (SSSR count). The summed E-state index contributed by atoms with van der Waals surface area (Å²) in [4.78, 5) is 23.9. The normalized spacial score (nSPS) is 11.7. The molecule has 0 fully saturated rings. The van der Waals surface area contributed by atoms with E-state index in [0.29, 0.717) is 24.2 Å². The molecule has 0 saturated heterocycles. The van der Waals surface area contributed by atoms with Crippen molar-refractivity contribution in [3.8, 4) is 0 Å². The minimum atomic E-state index is -0.652. The molecule has 0 unspecified atom stereocenters. The van der Waals surface area contributed by atoms with Gasteiger partial charge in [0.1, 0.15) is 6.04 Å². The van der Waals surface area contributed by atoms with Crippen molar-refractivity contribution in [3.63, 3.8) is 0 Å². The van der Waals surface area contributed by atoms with E-state index in [0.717, 1.165) is 0 Å². The Morgan fingerprint density at radius 2 is 2.05 bits per heavy atom. The number of H-pyrrole nitrogens is 1. The number of nitrogens with zero attached hydrogens (tertiary/aromatic N) is 3. The Balaban J connectivity index is 1.99. The molecule has 0 bridgehead atoms. The third kappa shape index (κ3) is 4.10. The summed E-state index contributed by atoms with van der Waals surface area (Å²) >= 11 is 0. The minimum Gasteiger partial charge on any atom is -0.357 e. The highest BCUT2D eigenvalue weighted by Crippen LogP contribution is 2.03. The molecule has 8 nitrogen and oxygen atoms in total. The quantitative estimate of drug-likeness (QED) is 0.674.